The Balaban J connectivity index is 1.75. The standard InChI is InChI=1S/C25H26N4O2/c1-17-9-8-14-28-22(17)26-23-20(24(28)30)15-21(25(31)27-13-7-6-10-18(27)2)29(23)16-19-11-4-3-5-12-19/h3-5,8-9,11-12,14-15,18H,6-7,10,13,16H2,1-2H3. The van der Waals surface area contributed by atoms with Gasteiger partial charge in [0.1, 0.15) is 17.0 Å². The molecule has 0 spiro atoms. The summed E-state index contributed by atoms with van der Waals surface area (Å²) in [5, 5.41) is 0.479. The summed E-state index contributed by atoms with van der Waals surface area (Å²) in [6, 6.07) is 15.7. The van der Waals surface area contributed by atoms with Crippen molar-refractivity contribution in [3.05, 3.63) is 81.9 Å². The number of nitrogens with zero attached hydrogens (tertiary/aromatic N) is 4. The van der Waals surface area contributed by atoms with Gasteiger partial charge in [-0.2, -0.15) is 0 Å². The third kappa shape index (κ3) is 3.32. The van der Waals surface area contributed by atoms with E-state index in [0.717, 1.165) is 36.9 Å². The molecule has 5 rings (SSSR count). The van der Waals surface area contributed by atoms with Crippen molar-refractivity contribution in [3.8, 4) is 0 Å². The maximum Gasteiger partial charge on any atom is 0.270 e. The van der Waals surface area contributed by atoms with Gasteiger partial charge in [-0.1, -0.05) is 36.4 Å². The lowest BCUT2D eigenvalue weighted by atomic mass is 10.0. The Morgan fingerprint density at radius 1 is 1.10 bits per heavy atom. The lowest BCUT2D eigenvalue weighted by Crippen LogP contribution is -2.42. The molecule has 31 heavy (non-hydrogen) atoms. The van der Waals surface area contributed by atoms with Gasteiger partial charge in [-0.3, -0.25) is 14.0 Å². The first-order valence-corrected chi connectivity index (χ1v) is 10.9. The summed E-state index contributed by atoms with van der Waals surface area (Å²) in [7, 11) is 0. The number of amides is 1. The fourth-order valence-corrected chi connectivity index (χ4v) is 4.61. The second-order valence-corrected chi connectivity index (χ2v) is 8.48. The predicted octanol–water partition coefficient (Wildman–Crippen LogP) is 4.02. The molecule has 1 aliphatic heterocycles. The average molecular weight is 415 g/mol. The van der Waals surface area contributed by atoms with Gasteiger partial charge in [0.2, 0.25) is 0 Å². The molecule has 4 aromatic rings. The minimum atomic E-state index is -0.142. The topological polar surface area (TPSA) is 59.6 Å². The number of hydrogen-bond acceptors (Lipinski definition) is 3. The fraction of sp³-hybridized carbons (Fsp3) is 0.320. The molecule has 1 unspecified atom stereocenters. The number of likely N-dealkylation sites (tertiary alicyclic amines) is 1. The first-order valence-electron chi connectivity index (χ1n) is 10.9. The highest BCUT2D eigenvalue weighted by atomic mass is 16.2. The van der Waals surface area contributed by atoms with Gasteiger partial charge >= 0.3 is 0 Å². The Labute approximate surface area is 180 Å². The molecule has 1 atom stereocenters. The Kier molecular flexibility index (Phi) is 4.85. The van der Waals surface area contributed by atoms with E-state index in [2.05, 4.69) is 6.92 Å². The summed E-state index contributed by atoms with van der Waals surface area (Å²) < 4.78 is 3.49. The summed E-state index contributed by atoms with van der Waals surface area (Å²) in [5.74, 6) is -0.0219. The van der Waals surface area contributed by atoms with Gasteiger partial charge in [-0.05, 0) is 56.4 Å². The van der Waals surface area contributed by atoms with Gasteiger partial charge < -0.3 is 9.47 Å². The minimum Gasteiger partial charge on any atom is -0.335 e. The van der Waals surface area contributed by atoms with E-state index in [0.29, 0.717) is 28.9 Å². The van der Waals surface area contributed by atoms with Crippen molar-refractivity contribution >= 4 is 22.6 Å². The molecule has 1 amide bonds. The molecule has 1 aromatic carbocycles. The van der Waals surface area contributed by atoms with E-state index in [1.807, 2.05) is 58.9 Å². The predicted molar refractivity (Wildman–Crippen MR) is 122 cm³/mol. The van der Waals surface area contributed by atoms with Crippen molar-refractivity contribution in [3.63, 3.8) is 0 Å². The van der Waals surface area contributed by atoms with Crippen LogP contribution in [0.4, 0.5) is 0 Å². The fourth-order valence-electron chi connectivity index (χ4n) is 4.61. The second kappa shape index (κ2) is 7.69. The number of benzene rings is 1. The highest BCUT2D eigenvalue weighted by Crippen LogP contribution is 2.24. The smallest absolute Gasteiger partial charge is 0.270 e. The number of carbonyl (C=O) groups excluding carboxylic acids is 1. The number of rotatable bonds is 3. The molecule has 158 valence electrons. The van der Waals surface area contributed by atoms with Gasteiger partial charge in [0.05, 0.1) is 5.39 Å². The Morgan fingerprint density at radius 2 is 1.90 bits per heavy atom. The normalized spacial score (nSPS) is 16.8. The van der Waals surface area contributed by atoms with Crippen LogP contribution in [0.15, 0.2) is 59.5 Å². The molecular weight excluding hydrogens is 388 g/mol. The zero-order chi connectivity index (χ0) is 21.5. The average Bonchev–Trinajstić information content (AvgIpc) is 3.14. The van der Waals surface area contributed by atoms with E-state index in [1.165, 1.54) is 0 Å². The molecule has 0 N–H and O–H groups in total. The summed E-state index contributed by atoms with van der Waals surface area (Å²) in [4.78, 5) is 33.7. The number of piperidine rings is 1. The minimum absolute atomic E-state index is 0.0219. The van der Waals surface area contributed by atoms with Gasteiger partial charge in [-0.15, -0.1) is 0 Å². The molecule has 1 aliphatic rings. The van der Waals surface area contributed by atoms with Crippen LogP contribution in [0.3, 0.4) is 0 Å². The molecule has 6 nitrogen and oxygen atoms in total. The summed E-state index contributed by atoms with van der Waals surface area (Å²) in [6.07, 6.45) is 4.90. The maximum absolute atomic E-state index is 13.6. The van der Waals surface area contributed by atoms with E-state index in [-0.39, 0.29) is 17.5 Å². The molecule has 0 bridgehead atoms. The van der Waals surface area contributed by atoms with Gasteiger partial charge in [-0.25, -0.2) is 4.98 Å². The number of aromatic nitrogens is 3. The van der Waals surface area contributed by atoms with E-state index < -0.39 is 0 Å². The van der Waals surface area contributed by atoms with Gasteiger partial charge in [0.15, 0.2) is 0 Å². The van der Waals surface area contributed by atoms with Crippen LogP contribution in [-0.2, 0) is 6.54 Å². The molecule has 6 heteroatoms. The Morgan fingerprint density at radius 3 is 2.68 bits per heavy atom. The van der Waals surface area contributed by atoms with Crippen molar-refractivity contribution in [2.75, 3.05) is 6.54 Å². The van der Waals surface area contributed by atoms with Gasteiger partial charge in [0, 0.05) is 25.3 Å². The number of carbonyl (C=O) groups is 1. The Hall–Kier alpha value is -3.41. The van der Waals surface area contributed by atoms with Crippen LogP contribution < -0.4 is 5.56 Å². The molecule has 1 fully saturated rings. The van der Waals surface area contributed by atoms with E-state index in [1.54, 1.807) is 16.7 Å². The lowest BCUT2D eigenvalue weighted by molar-refractivity contribution is 0.0625. The third-order valence-corrected chi connectivity index (χ3v) is 6.36. The summed E-state index contributed by atoms with van der Waals surface area (Å²) >= 11 is 0. The number of fused-ring (bicyclic) bond motifs is 2. The van der Waals surface area contributed by atoms with E-state index in [9.17, 15) is 9.59 Å². The monoisotopic (exact) mass is 414 g/mol. The summed E-state index contributed by atoms with van der Waals surface area (Å²) in [6.45, 7) is 5.29. The molecule has 1 saturated heterocycles. The molecule has 0 radical (unpaired) electrons. The zero-order valence-electron chi connectivity index (χ0n) is 17.9. The quantitative estimate of drug-likeness (QED) is 0.509. The third-order valence-electron chi connectivity index (χ3n) is 6.36. The molecular formula is C25H26N4O2. The first kappa shape index (κ1) is 19.5. The van der Waals surface area contributed by atoms with Crippen LogP contribution in [0.2, 0.25) is 0 Å². The van der Waals surface area contributed by atoms with Crippen LogP contribution in [0.25, 0.3) is 16.7 Å². The molecule has 0 saturated carbocycles. The largest absolute Gasteiger partial charge is 0.335 e. The number of aryl methyl sites for hydroxylation is 1. The second-order valence-electron chi connectivity index (χ2n) is 8.48. The number of hydrogen-bond donors (Lipinski definition) is 0. The van der Waals surface area contributed by atoms with Crippen LogP contribution in [0.1, 0.15) is 47.8 Å². The van der Waals surface area contributed by atoms with E-state index in [4.69, 9.17) is 4.98 Å². The van der Waals surface area contributed by atoms with Crippen LogP contribution >= 0.6 is 0 Å². The van der Waals surface area contributed by atoms with Crippen LogP contribution in [-0.4, -0.2) is 37.3 Å². The van der Waals surface area contributed by atoms with Crippen molar-refractivity contribution in [2.24, 2.45) is 0 Å². The zero-order valence-corrected chi connectivity index (χ0v) is 17.9. The van der Waals surface area contributed by atoms with Crippen molar-refractivity contribution in [1.82, 2.24) is 18.9 Å². The molecule has 4 heterocycles. The SMILES string of the molecule is Cc1cccn2c(=O)c3cc(C(=O)N4CCCCC4C)n(Cc4ccccc4)c3nc12. The first-order chi connectivity index (χ1) is 15.0. The van der Waals surface area contributed by atoms with Crippen molar-refractivity contribution in [2.45, 2.75) is 45.7 Å². The van der Waals surface area contributed by atoms with E-state index >= 15 is 0 Å². The lowest BCUT2D eigenvalue weighted by Gasteiger charge is -2.33. The van der Waals surface area contributed by atoms with Crippen LogP contribution in [0, 0.1) is 6.92 Å². The molecule has 0 aliphatic carbocycles. The maximum atomic E-state index is 13.6. The Bertz CT molecular complexity index is 1340. The highest BCUT2D eigenvalue weighted by molar-refractivity contribution is 5.98. The molecule has 3 aromatic heterocycles. The summed E-state index contributed by atoms with van der Waals surface area (Å²) in [5.41, 5.74) is 3.56. The van der Waals surface area contributed by atoms with Crippen LogP contribution in [0.5, 0.6) is 0 Å². The van der Waals surface area contributed by atoms with Crippen molar-refractivity contribution in [1.29, 1.82) is 0 Å². The highest BCUT2D eigenvalue weighted by Gasteiger charge is 2.28. The number of pyridine rings is 1. The van der Waals surface area contributed by atoms with Crippen molar-refractivity contribution < 1.29 is 4.79 Å². The van der Waals surface area contributed by atoms with Gasteiger partial charge in [0.25, 0.3) is 11.5 Å².